The minimum Gasteiger partial charge on any atom is -0.469 e. The lowest BCUT2D eigenvalue weighted by Crippen LogP contribution is -2.21. The van der Waals surface area contributed by atoms with Crippen LogP contribution in [0.3, 0.4) is 0 Å². The molecular formula is C10H16O4. The summed E-state index contributed by atoms with van der Waals surface area (Å²) in [5.41, 5.74) is -1.12. The summed E-state index contributed by atoms with van der Waals surface area (Å²) < 4.78 is 9.34. The number of carbonyl (C=O) groups excluding carboxylic acids is 2. The Bertz CT molecular complexity index is 282. The SMILES string of the molecule is COC(=O)[C@H]1C(C)(C)[C@]1(C)C(=O)OC. The fourth-order valence-electron chi connectivity index (χ4n) is 2.22. The second-order valence-corrected chi connectivity index (χ2v) is 4.37. The normalized spacial score (nSPS) is 33.4. The first-order chi connectivity index (χ1) is 6.33. The second kappa shape index (κ2) is 2.97. The third kappa shape index (κ3) is 1.06. The minimum atomic E-state index is -0.741. The van der Waals surface area contributed by atoms with Crippen molar-refractivity contribution >= 4 is 11.9 Å². The smallest absolute Gasteiger partial charge is 0.312 e. The molecular weight excluding hydrogens is 184 g/mol. The van der Waals surface area contributed by atoms with E-state index in [0.717, 1.165) is 0 Å². The number of carbonyl (C=O) groups is 2. The van der Waals surface area contributed by atoms with E-state index in [1.54, 1.807) is 6.92 Å². The van der Waals surface area contributed by atoms with Crippen molar-refractivity contribution in [2.75, 3.05) is 14.2 Å². The lowest BCUT2D eigenvalue weighted by Gasteiger charge is -2.10. The molecule has 0 radical (unpaired) electrons. The average molecular weight is 200 g/mol. The summed E-state index contributed by atoms with van der Waals surface area (Å²) in [4.78, 5) is 22.9. The van der Waals surface area contributed by atoms with Crippen molar-refractivity contribution in [3.8, 4) is 0 Å². The van der Waals surface area contributed by atoms with Crippen molar-refractivity contribution in [2.24, 2.45) is 16.7 Å². The van der Waals surface area contributed by atoms with E-state index in [4.69, 9.17) is 4.74 Å². The Labute approximate surface area is 83.6 Å². The molecule has 0 amide bonds. The van der Waals surface area contributed by atoms with Gasteiger partial charge in [0.2, 0.25) is 0 Å². The molecule has 1 aliphatic rings. The lowest BCUT2D eigenvalue weighted by molar-refractivity contribution is -0.152. The molecule has 1 rings (SSSR count). The molecule has 0 N–H and O–H groups in total. The second-order valence-electron chi connectivity index (χ2n) is 4.37. The fourth-order valence-corrected chi connectivity index (χ4v) is 2.22. The Morgan fingerprint density at radius 2 is 1.57 bits per heavy atom. The molecule has 0 heterocycles. The van der Waals surface area contributed by atoms with Crippen molar-refractivity contribution in [3.05, 3.63) is 0 Å². The van der Waals surface area contributed by atoms with E-state index in [9.17, 15) is 9.59 Å². The van der Waals surface area contributed by atoms with E-state index >= 15 is 0 Å². The van der Waals surface area contributed by atoms with E-state index in [1.165, 1.54) is 14.2 Å². The molecule has 0 spiro atoms. The zero-order valence-corrected chi connectivity index (χ0v) is 9.21. The molecule has 4 nitrogen and oxygen atoms in total. The van der Waals surface area contributed by atoms with Gasteiger partial charge in [-0.3, -0.25) is 9.59 Å². The van der Waals surface area contributed by atoms with Crippen LogP contribution in [0.25, 0.3) is 0 Å². The molecule has 0 bridgehead atoms. The number of hydrogen-bond donors (Lipinski definition) is 0. The van der Waals surface area contributed by atoms with Crippen molar-refractivity contribution in [1.82, 2.24) is 0 Å². The lowest BCUT2D eigenvalue weighted by atomic mass is 9.99. The molecule has 0 saturated heterocycles. The van der Waals surface area contributed by atoms with Crippen LogP contribution >= 0.6 is 0 Å². The zero-order valence-electron chi connectivity index (χ0n) is 9.21. The summed E-state index contributed by atoms with van der Waals surface area (Å²) in [6.45, 7) is 5.47. The molecule has 4 heteroatoms. The molecule has 1 saturated carbocycles. The molecule has 0 aromatic heterocycles. The van der Waals surface area contributed by atoms with E-state index in [1.807, 2.05) is 13.8 Å². The van der Waals surface area contributed by atoms with Crippen LogP contribution in [0.2, 0.25) is 0 Å². The first-order valence-corrected chi connectivity index (χ1v) is 4.50. The van der Waals surface area contributed by atoms with Crippen LogP contribution in [0.5, 0.6) is 0 Å². The quantitative estimate of drug-likeness (QED) is 0.624. The summed E-state index contributed by atoms with van der Waals surface area (Å²) in [5, 5.41) is 0. The van der Waals surface area contributed by atoms with Gasteiger partial charge in [0.1, 0.15) is 0 Å². The average Bonchev–Trinajstić information content (AvgIpc) is 2.60. The Morgan fingerprint density at radius 1 is 1.07 bits per heavy atom. The highest BCUT2D eigenvalue weighted by Crippen LogP contribution is 2.69. The van der Waals surface area contributed by atoms with Crippen molar-refractivity contribution in [2.45, 2.75) is 20.8 Å². The van der Waals surface area contributed by atoms with Gasteiger partial charge in [-0.15, -0.1) is 0 Å². The third-order valence-corrected chi connectivity index (χ3v) is 3.60. The summed E-state index contributed by atoms with van der Waals surface area (Å²) in [7, 11) is 2.66. The third-order valence-electron chi connectivity index (χ3n) is 3.60. The number of esters is 2. The molecule has 0 unspecified atom stereocenters. The van der Waals surface area contributed by atoms with Crippen molar-refractivity contribution in [3.63, 3.8) is 0 Å². The van der Waals surface area contributed by atoms with E-state index in [2.05, 4.69) is 4.74 Å². The van der Waals surface area contributed by atoms with Crippen LogP contribution in [0.1, 0.15) is 20.8 Å². The fraction of sp³-hybridized carbons (Fsp3) is 0.800. The molecule has 0 aromatic carbocycles. The molecule has 1 aliphatic carbocycles. The maximum Gasteiger partial charge on any atom is 0.312 e. The Balaban J connectivity index is 2.94. The monoisotopic (exact) mass is 200 g/mol. The summed E-state index contributed by atoms with van der Waals surface area (Å²) >= 11 is 0. The highest BCUT2D eigenvalue weighted by Gasteiger charge is 2.77. The topological polar surface area (TPSA) is 52.6 Å². The molecule has 2 atom stereocenters. The Morgan fingerprint density at radius 3 is 1.93 bits per heavy atom. The van der Waals surface area contributed by atoms with E-state index < -0.39 is 11.3 Å². The van der Waals surface area contributed by atoms with Crippen LogP contribution in [-0.4, -0.2) is 26.2 Å². The predicted molar refractivity (Wildman–Crippen MR) is 49.4 cm³/mol. The van der Waals surface area contributed by atoms with Gasteiger partial charge in [0.05, 0.1) is 25.6 Å². The van der Waals surface area contributed by atoms with Crippen LogP contribution in [-0.2, 0) is 19.1 Å². The highest BCUT2D eigenvalue weighted by atomic mass is 16.5. The van der Waals surface area contributed by atoms with Gasteiger partial charge < -0.3 is 9.47 Å². The first kappa shape index (κ1) is 11.0. The van der Waals surface area contributed by atoms with Gasteiger partial charge in [0.25, 0.3) is 0 Å². The van der Waals surface area contributed by atoms with Gasteiger partial charge in [-0.25, -0.2) is 0 Å². The molecule has 80 valence electrons. The summed E-state index contributed by atoms with van der Waals surface area (Å²) in [5.74, 6) is -1.09. The van der Waals surface area contributed by atoms with Gasteiger partial charge in [-0.2, -0.15) is 0 Å². The van der Waals surface area contributed by atoms with Crippen LogP contribution in [0.15, 0.2) is 0 Å². The van der Waals surface area contributed by atoms with E-state index in [-0.39, 0.29) is 17.4 Å². The molecule has 0 aliphatic heterocycles. The van der Waals surface area contributed by atoms with Gasteiger partial charge in [-0.1, -0.05) is 13.8 Å². The van der Waals surface area contributed by atoms with Crippen molar-refractivity contribution < 1.29 is 19.1 Å². The summed E-state index contributed by atoms with van der Waals surface area (Å²) in [6, 6.07) is 0. The molecule has 0 aromatic rings. The largest absolute Gasteiger partial charge is 0.469 e. The summed E-state index contributed by atoms with van der Waals surface area (Å²) in [6.07, 6.45) is 0. The maximum absolute atomic E-state index is 11.5. The Hall–Kier alpha value is -1.06. The highest BCUT2D eigenvalue weighted by molar-refractivity contribution is 5.93. The number of methoxy groups -OCH3 is 2. The zero-order chi connectivity index (χ0) is 11.1. The first-order valence-electron chi connectivity index (χ1n) is 4.50. The van der Waals surface area contributed by atoms with Crippen molar-refractivity contribution in [1.29, 1.82) is 0 Å². The number of hydrogen-bond acceptors (Lipinski definition) is 4. The van der Waals surface area contributed by atoms with Gasteiger partial charge >= 0.3 is 11.9 Å². The Kier molecular flexibility index (Phi) is 2.34. The molecule has 1 fully saturated rings. The predicted octanol–water partition coefficient (Wildman–Crippen LogP) is 0.995. The molecule has 14 heavy (non-hydrogen) atoms. The van der Waals surface area contributed by atoms with E-state index in [0.29, 0.717) is 0 Å². The van der Waals surface area contributed by atoms with Crippen LogP contribution in [0, 0.1) is 16.7 Å². The van der Waals surface area contributed by atoms with Gasteiger partial charge in [-0.05, 0) is 12.3 Å². The maximum atomic E-state index is 11.5. The number of rotatable bonds is 2. The van der Waals surface area contributed by atoms with Gasteiger partial charge in [0.15, 0.2) is 0 Å². The minimum absolute atomic E-state index is 0.345. The standard InChI is InChI=1S/C10H16O4/c1-9(2)6(7(11)13-4)10(9,3)8(12)14-5/h6H,1-5H3/t6-,10-/m0/s1. The van der Waals surface area contributed by atoms with Crippen LogP contribution < -0.4 is 0 Å². The number of ether oxygens (including phenoxy) is 2. The van der Waals surface area contributed by atoms with Gasteiger partial charge in [0, 0.05) is 0 Å². The van der Waals surface area contributed by atoms with Crippen LogP contribution in [0.4, 0.5) is 0 Å².